The summed E-state index contributed by atoms with van der Waals surface area (Å²) in [7, 11) is 0. The lowest BCUT2D eigenvalue weighted by Gasteiger charge is -2.30. The Morgan fingerprint density at radius 1 is 1.58 bits per heavy atom. The summed E-state index contributed by atoms with van der Waals surface area (Å²) in [6, 6.07) is 0. The van der Waals surface area contributed by atoms with Gasteiger partial charge in [-0.1, -0.05) is 12.7 Å². The number of hydrogen-bond acceptors (Lipinski definition) is 0. The smallest absolute Gasteiger partial charge is 0.108 e. The molecule has 0 aromatic heterocycles. The Morgan fingerprint density at radius 3 is 2.75 bits per heavy atom. The van der Waals surface area contributed by atoms with Gasteiger partial charge < -0.3 is 0 Å². The fourth-order valence-electron chi connectivity index (χ4n) is 1.44. The molecular weight excluding hydrogens is 146 g/mol. The quantitative estimate of drug-likeness (QED) is 0.442. The van der Waals surface area contributed by atoms with Crippen molar-refractivity contribution in [3.8, 4) is 0 Å². The minimum absolute atomic E-state index is 0.797. The van der Waals surface area contributed by atoms with E-state index in [1.54, 1.807) is 0 Å². The Kier molecular flexibility index (Phi) is 2.66. The Balaban J connectivity index is 2.76. The van der Waals surface area contributed by atoms with Crippen LogP contribution in [-0.2, 0) is 0 Å². The molecule has 0 saturated heterocycles. The second kappa shape index (κ2) is 3.55. The molecule has 0 saturated carbocycles. The van der Waals surface area contributed by atoms with E-state index in [0.29, 0.717) is 0 Å². The lowest BCUT2D eigenvalue weighted by Crippen LogP contribution is -2.39. The normalized spacial score (nSPS) is 27.1. The first-order chi connectivity index (χ1) is 5.68. The zero-order chi connectivity index (χ0) is 9.03. The molecule has 1 rings (SSSR count). The third-order valence-electron chi connectivity index (χ3n) is 2.00. The van der Waals surface area contributed by atoms with Crippen LogP contribution in [-0.4, -0.2) is 17.6 Å². The lowest BCUT2D eigenvalue weighted by molar-refractivity contribution is -0.816. The summed E-state index contributed by atoms with van der Waals surface area (Å²) in [6.07, 6.45) is 10.4. The molecule has 1 nitrogen and oxygen atoms in total. The van der Waals surface area contributed by atoms with Crippen molar-refractivity contribution in [1.29, 1.82) is 0 Å². The van der Waals surface area contributed by atoms with Crippen molar-refractivity contribution in [2.24, 2.45) is 0 Å². The van der Waals surface area contributed by atoms with Crippen LogP contribution in [0.1, 0.15) is 6.92 Å². The van der Waals surface area contributed by atoms with Crippen molar-refractivity contribution < 1.29 is 4.48 Å². The van der Waals surface area contributed by atoms with E-state index < -0.39 is 0 Å². The molecular formula is C11H16N+. The van der Waals surface area contributed by atoms with Crippen molar-refractivity contribution >= 4 is 0 Å². The first kappa shape index (κ1) is 9.01. The maximum atomic E-state index is 3.92. The highest BCUT2D eigenvalue weighted by molar-refractivity contribution is 5.06. The summed E-state index contributed by atoms with van der Waals surface area (Å²) in [5.41, 5.74) is 1.19. The van der Waals surface area contributed by atoms with Crippen LogP contribution in [0.5, 0.6) is 0 Å². The SMILES string of the molecule is C=C[N+]1(CC(=C)C)C=CC=CC1. The molecule has 64 valence electrons. The molecule has 1 unspecified atom stereocenters. The van der Waals surface area contributed by atoms with E-state index in [4.69, 9.17) is 0 Å². The van der Waals surface area contributed by atoms with E-state index in [0.717, 1.165) is 17.6 Å². The van der Waals surface area contributed by atoms with Crippen LogP contribution in [0, 0.1) is 0 Å². The summed E-state index contributed by atoms with van der Waals surface area (Å²) in [5, 5.41) is 0. The number of nitrogens with zero attached hydrogens (tertiary/aromatic N) is 1. The maximum absolute atomic E-state index is 3.92. The van der Waals surface area contributed by atoms with Crippen molar-refractivity contribution in [1.82, 2.24) is 0 Å². The summed E-state index contributed by atoms with van der Waals surface area (Å²) in [6.45, 7) is 11.8. The largest absolute Gasteiger partial charge is 0.265 e. The zero-order valence-electron chi connectivity index (χ0n) is 7.66. The fraction of sp³-hybridized carbons (Fsp3) is 0.273. The molecule has 1 aliphatic heterocycles. The van der Waals surface area contributed by atoms with Gasteiger partial charge in [-0.05, 0) is 31.2 Å². The average Bonchev–Trinajstić information content (AvgIpc) is 2.05. The molecule has 1 aliphatic rings. The molecule has 0 aromatic carbocycles. The van der Waals surface area contributed by atoms with Gasteiger partial charge in [-0.2, -0.15) is 0 Å². The Hall–Kier alpha value is -1.08. The molecule has 1 heterocycles. The predicted octanol–water partition coefficient (Wildman–Crippen LogP) is 2.61. The van der Waals surface area contributed by atoms with Gasteiger partial charge in [0.05, 0.1) is 6.20 Å². The highest BCUT2D eigenvalue weighted by Crippen LogP contribution is 2.15. The van der Waals surface area contributed by atoms with E-state index >= 15 is 0 Å². The summed E-state index contributed by atoms with van der Waals surface area (Å²) in [4.78, 5) is 0. The molecule has 0 radical (unpaired) electrons. The van der Waals surface area contributed by atoms with Crippen molar-refractivity contribution in [2.75, 3.05) is 13.1 Å². The maximum Gasteiger partial charge on any atom is 0.108 e. The van der Waals surface area contributed by atoms with Gasteiger partial charge in [-0.25, -0.2) is 0 Å². The molecule has 0 aliphatic carbocycles. The third-order valence-corrected chi connectivity index (χ3v) is 2.00. The second-order valence-electron chi connectivity index (χ2n) is 3.35. The van der Waals surface area contributed by atoms with Crippen LogP contribution in [0.2, 0.25) is 0 Å². The van der Waals surface area contributed by atoms with E-state index in [-0.39, 0.29) is 0 Å². The van der Waals surface area contributed by atoms with Crippen LogP contribution >= 0.6 is 0 Å². The first-order valence-corrected chi connectivity index (χ1v) is 4.17. The van der Waals surface area contributed by atoms with Crippen LogP contribution < -0.4 is 0 Å². The number of rotatable bonds is 3. The molecule has 0 N–H and O–H groups in total. The highest BCUT2D eigenvalue weighted by Gasteiger charge is 2.20. The van der Waals surface area contributed by atoms with Crippen molar-refractivity contribution in [3.63, 3.8) is 0 Å². The molecule has 1 heteroatoms. The minimum Gasteiger partial charge on any atom is -0.265 e. The molecule has 0 bridgehead atoms. The molecule has 12 heavy (non-hydrogen) atoms. The number of hydrogen-bond donors (Lipinski definition) is 0. The van der Waals surface area contributed by atoms with Crippen LogP contribution in [0.4, 0.5) is 0 Å². The van der Waals surface area contributed by atoms with Crippen molar-refractivity contribution in [3.05, 3.63) is 49.4 Å². The second-order valence-corrected chi connectivity index (χ2v) is 3.35. The number of allylic oxidation sites excluding steroid dienone is 2. The molecule has 0 spiro atoms. The average molecular weight is 162 g/mol. The summed E-state index contributed by atoms with van der Waals surface area (Å²) >= 11 is 0. The van der Waals surface area contributed by atoms with Gasteiger partial charge in [-0.3, -0.25) is 4.48 Å². The zero-order valence-corrected chi connectivity index (χ0v) is 7.66. The predicted molar refractivity (Wildman–Crippen MR) is 53.3 cm³/mol. The Labute approximate surface area is 74.6 Å². The third kappa shape index (κ3) is 1.95. The Bertz CT molecular complexity index is 248. The van der Waals surface area contributed by atoms with E-state index in [9.17, 15) is 0 Å². The van der Waals surface area contributed by atoms with Crippen molar-refractivity contribution in [2.45, 2.75) is 6.92 Å². The van der Waals surface area contributed by atoms with Gasteiger partial charge in [0.25, 0.3) is 0 Å². The minimum atomic E-state index is 0.797. The number of quaternary nitrogens is 1. The lowest BCUT2D eigenvalue weighted by atomic mass is 10.2. The molecule has 1 atom stereocenters. The summed E-state index contributed by atoms with van der Waals surface area (Å²) in [5.74, 6) is 0. The Morgan fingerprint density at radius 2 is 2.33 bits per heavy atom. The molecule has 0 fully saturated rings. The molecule has 0 amide bonds. The van der Waals surface area contributed by atoms with Gasteiger partial charge >= 0.3 is 0 Å². The monoisotopic (exact) mass is 162 g/mol. The van der Waals surface area contributed by atoms with E-state index in [2.05, 4.69) is 44.5 Å². The fourth-order valence-corrected chi connectivity index (χ4v) is 1.44. The molecule has 0 aromatic rings. The van der Waals surface area contributed by atoms with Gasteiger partial charge in [-0.15, -0.1) is 0 Å². The van der Waals surface area contributed by atoms with Gasteiger partial charge in [0.1, 0.15) is 19.3 Å². The topological polar surface area (TPSA) is 0 Å². The van der Waals surface area contributed by atoms with E-state index in [1.165, 1.54) is 5.57 Å². The van der Waals surface area contributed by atoms with Crippen LogP contribution in [0.3, 0.4) is 0 Å². The van der Waals surface area contributed by atoms with E-state index in [1.807, 2.05) is 6.20 Å². The summed E-state index contributed by atoms with van der Waals surface area (Å²) < 4.78 is 0.797. The van der Waals surface area contributed by atoms with Gasteiger partial charge in [0.15, 0.2) is 0 Å². The van der Waals surface area contributed by atoms with Crippen LogP contribution in [0.15, 0.2) is 49.4 Å². The van der Waals surface area contributed by atoms with Crippen LogP contribution in [0.25, 0.3) is 0 Å². The standard InChI is InChI=1S/C11H16N/c1-4-12(10-11(2)3)8-6-5-7-9-12/h4-8H,1-2,9-10H2,3H3/q+1. The first-order valence-electron chi connectivity index (χ1n) is 4.17. The van der Waals surface area contributed by atoms with Gasteiger partial charge in [0.2, 0.25) is 0 Å². The highest BCUT2D eigenvalue weighted by atomic mass is 15.3. The van der Waals surface area contributed by atoms with Gasteiger partial charge in [0, 0.05) is 0 Å².